The summed E-state index contributed by atoms with van der Waals surface area (Å²) in [6.07, 6.45) is 2.97. The summed E-state index contributed by atoms with van der Waals surface area (Å²) in [6.45, 7) is 0. The second kappa shape index (κ2) is 4.99. The summed E-state index contributed by atoms with van der Waals surface area (Å²) in [4.78, 5) is 15.8. The van der Waals surface area contributed by atoms with Gasteiger partial charge in [-0.1, -0.05) is 0 Å². The molecule has 0 unspecified atom stereocenters. The number of nitrogens with zero attached hydrogens (tertiary/aromatic N) is 2. The number of anilines is 1. The summed E-state index contributed by atoms with van der Waals surface area (Å²) < 4.78 is 0. The second-order valence-corrected chi connectivity index (χ2v) is 4.52. The Labute approximate surface area is 116 Å². The first-order valence-electron chi connectivity index (χ1n) is 5.73. The number of amides is 1. The number of aromatic nitrogens is 3. The second-order valence-electron chi connectivity index (χ2n) is 4.52. The van der Waals surface area contributed by atoms with E-state index in [9.17, 15) is 4.79 Å². The van der Waals surface area contributed by atoms with Crippen LogP contribution in [0.1, 0.15) is 12.8 Å². The van der Waals surface area contributed by atoms with E-state index >= 15 is 0 Å². The third kappa shape index (κ3) is 2.74. The summed E-state index contributed by atoms with van der Waals surface area (Å²) >= 11 is 0. The largest absolute Gasteiger partial charge is 0.324 e. The molecule has 1 saturated carbocycles. The predicted molar refractivity (Wildman–Crippen MR) is 73.8 cm³/mol. The third-order valence-electron chi connectivity index (χ3n) is 3.07. The van der Waals surface area contributed by atoms with Crippen molar-refractivity contribution >= 4 is 24.0 Å². The van der Waals surface area contributed by atoms with Crippen LogP contribution >= 0.6 is 12.4 Å². The van der Waals surface area contributed by atoms with Crippen LogP contribution in [0.2, 0.25) is 0 Å². The Bertz CT molecular complexity index is 562. The van der Waals surface area contributed by atoms with Gasteiger partial charge in [0.2, 0.25) is 5.91 Å². The lowest BCUT2D eigenvalue weighted by Gasteiger charge is -2.10. The van der Waals surface area contributed by atoms with Gasteiger partial charge in [-0.05, 0) is 37.1 Å². The molecule has 1 aliphatic carbocycles. The smallest absolute Gasteiger partial charge is 0.244 e. The van der Waals surface area contributed by atoms with E-state index in [0.29, 0.717) is 5.82 Å². The molecule has 1 heterocycles. The molecule has 0 bridgehead atoms. The zero-order valence-corrected chi connectivity index (χ0v) is 10.9. The number of carbonyl (C=O) groups excluding carboxylic acids is 1. The fourth-order valence-electron chi connectivity index (χ4n) is 1.67. The topological polar surface area (TPSA) is 96.7 Å². The number of hydrogen-bond acceptors (Lipinski definition) is 4. The summed E-state index contributed by atoms with van der Waals surface area (Å²) in [7, 11) is 0. The maximum Gasteiger partial charge on any atom is 0.244 e. The highest BCUT2D eigenvalue weighted by Crippen LogP contribution is 2.33. The third-order valence-corrected chi connectivity index (χ3v) is 3.07. The highest BCUT2D eigenvalue weighted by atomic mass is 35.5. The standard InChI is InChI=1S/C12H13N5O.ClH/c13-12(5-6-12)11(18)16-9-3-1-8(2-4-9)10-14-7-15-17-10;/h1-4,7H,5-6,13H2,(H,16,18)(H,14,15,17);1H. The fourth-order valence-corrected chi connectivity index (χ4v) is 1.67. The Morgan fingerprint density at radius 2 is 2.00 bits per heavy atom. The Balaban J connectivity index is 0.00000133. The molecule has 19 heavy (non-hydrogen) atoms. The predicted octanol–water partition coefficient (Wildman–Crippen LogP) is 1.32. The van der Waals surface area contributed by atoms with Gasteiger partial charge in [0, 0.05) is 11.3 Å². The maximum atomic E-state index is 11.7. The first-order valence-corrected chi connectivity index (χ1v) is 5.73. The number of nitrogens with two attached hydrogens (primary N) is 1. The molecule has 1 amide bonds. The first-order chi connectivity index (χ1) is 8.67. The van der Waals surface area contributed by atoms with Crippen molar-refractivity contribution in [2.45, 2.75) is 18.4 Å². The minimum absolute atomic E-state index is 0. The van der Waals surface area contributed by atoms with Crippen molar-refractivity contribution in [2.24, 2.45) is 5.73 Å². The average Bonchev–Trinajstić information content (AvgIpc) is 2.94. The van der Waals surface area contributed by atoms with Gasteiger partial charge in [-0.15, -0.1) is 12.4 Å². The molecule has 3 rings (SSSR count). The summed E-state index contributed by atoms with van der Waals surface area (Å²) in [6, 6.07) is 7.38. The van der Waals surface area contributed by atoms with E-state index in [1.807, 2.05) is 24.3 Å². The highest BCUT2D eigenvalue weighted by molar-refractivity contribution is 6.00. The number of aromatic amines is 1. The van der Waals surface area contributed by atoms with E-state index < -0.39 is 5.54 Å². The number of carbonyl (C=O) groups is 1. The molecule has 1 fully saturated rings. The molecule has 1 aliphatic rings. The van der Waals surface area contributed by atoms with E-state index in [-0.39, 0.29) is 18.3 Å². The molecule has 0 radical (unpaired) electrons. The Morgan fingerprint density at radius 3 is 2.53 bits per heavy atom. The van der Waals surface area contributed by atoms with Crippen LogP contribution in [0.15, 0.2) is 30.6 Å². The van der Waals surface area contributed by atoms with Crippen LogP contribution in [0.3, 0.4) is 0 Å². The average molecular weight is 280 g/mol. The van der Waals surface area contributed by atoms with E-state index in [0.717, 1.165) is 24.1 Å². The van der Waals surface area contributed by atoms with Crippen LogP contribution in [0, 0.1) is 0 Å². The Morgan fingerprint density at radius 1 is 1.32 bits per heavy atom. The molecular weight excluding hydrogens is 266 g/mol. The van der Waals surface area contributed by atoms with Gasteiger partial charge >= 0.3 is 0 Å². The summed E-state index contributed by atoms with van der Waals surface area (Å²) in [5.41, 5.74) is 6.81. The number of H-pyrrole nitrogens is 1. The highest BCUT2D eigenvalue weighted by Gasteiger charge is 2.45. The molecule has 0 atom stereocenters. The summed E-state index contributed by atoms with van der Waals surface area (Å²) in [5, 5.41) is 9.37. The number of benzene rings is 1. The lowest BCUT2D eigenvalue weighted by Crippen LogP contribution is -2.37. The zero-order chi connectivity index (χ0) is 12.6. The van der Waals surface area contributed by atoms with Crippen LogP contribution in [-0.2, 0) is 4.79 Å². The molecule has 4 N–H and O–H groups in total. The number of rotatable bonds is 3. The molecule has 1 aromatic carbocycles. The molecule has 0 aliphatic heterocycles. The van der Waals surface area contributed by atoms with Crippen molar-refractivity contribution in [3.8, 4) is 11.4 Å². The van der Waals surface area contributed by atoms with Crippen molar-refractivity contribution in [1.29, 1.82) is 0 Å². The molecule has 2 aromatic rings. The number of nitrogens with one attached hydrogen (secondary N) is 2. The Hall–Kier alpha value is -1.92. The van der Waals surface area contributed by atoms with Crippen molar-refractivity contribution < 1.29 is 4.79 Å². The van der Waals surface area contributed by atoms with Crippen molar-refractivity contribution in [3.63, 3.8) is 0 Å². The van der Waals surface area contributed by atoms with Gasteiger partial charge in [0.15, 0.2) is 5.82 Å². The lowest BCUT2D eigenvalue weighted by atomic mass is 10.2. The molecule has 1 aromatic heterocycles. The van der Waals surface area contributed by atoms with E-state index in [2.05, 4.69) is 20.5 Å². The maximum absolute atomic E-state index is 11.7. The molecular formula is C12H14ClN5O. The monoisotopic (exact) mass is 279 g/mol. The number of hydrogen-bond donors (Lipinski definition) is 3. The molecule has 0 saturated heterocycles. The normalized spacial score (nSPS) is 15.4. The Kier molecular flexibility index (Phi) is 3.55. The van der Waals surface area contributed by atoms with Gasteiger partial charge in [0.25, 0.3) is 0 Å². The van der Waals surface area contributed by atoms with Gasteiger partial charge in [-0.25, -0.2) is 4.98 Å². The first kappa shape index (κ1) is 13.5. The van der Waals surface area contributed by atoms with Crippen LogP contribution in [0.25, 0.3) is 11.4 Å². The van der Waals surface area contributed by atoms with E-state index in [1.165, 1.54) is 6.33 Å². The quantitative estimate of drug-likeness (QED) is 0.789. The van der Waals surface area contributed by atoms with Gasteiger partial charge < -0.3 is 11.1 Å². The van der Waals surface area contributed by atoms with Crippen LogP contribution < -0.4 is 11.1 Å². The molecule has 100 valence electrons. The van der Waals surface area contributed by atoms with E-state index in [4.69, 9.17) is 5.73 Å². The zero-order valence-electron chi connectivity index (χ0n) is 10.1. The van der Waals surface area contributed by atoms with Crippen molar-refractivity contribution in [3.05, 3.63) is 30.6 Å². The summed E-state index contributed by atoms with van der Waals surface area (Å²) in [5.74, 6) is 0.584. The van der Waals surface area contributed by atoms with Crippen molar-refractivity contribution in [2.75, 3.05) is 5.32 Å². The van der Waals surface area contributed by atoms with Gasteiger partial charge in [-0.3, -0.25) is 9.89 Å². The van der Waals surface area contributed by atoms with Crippen molar-refractivity contribution in [1.82, 2.24) is 15.2 Å². The SMILES string of the molecule is Cl.NC1(C(=O)Nc2ccc(-c3ncn[nH]3)cc2)CC1. The lowest BCUT2D eigenvalue weighted by molar-refractivity contribution is -0.118. The molecule has 6 nitrogen and oxygen atoms in total. The van der Waals surface area contributed by atoms with Gasteiger partial charge in [0.1, 0.15) is 6.33 Å². The minimum atomic E-state index is -0.649. The molecule has 7 heteroatoms. The van der Waals surface area contributed by atoms with Crippen LogP contribution in [0.5, 0.6) is 0 Å². The minimum Gasteiger partial charge on any atom is -0.324 e. The van der Waals surface area contributed by atoms with E-state index in [1.54, 1.807) is 0 Å². The van der Waals surface area contributed by atoms with Crippen LogP contribution in [0.4, 0.5) is 5.69 Å². The van der Waals surface area contributed by atoms with Gasteiger partial charge in [0.05, 0.1) is 5.54 Å². The van der Waals surface area contributed by atoms with Gasteiger partial charge in [-0.2, -0.15) is 5.10 Å². The van der Waals surface area contributed by atoms with Crippen LogP contribution in [-0.4, -0.2) is 26.6 Å². The number of halogens is 1. The molecule has 0 spiro atoms. The fraction of sp³-hybridized carbons (Fsp3) is 0.250.